The second kappa shape index (κ2) is 5.67. The number of benzene rings is 1. The van der Waals surface area contributed by atoms with Gasteiger partial charge in [-0.25, -0.2) is 4.99 Å². The minimum atomic E-state index is -0.929. The summed E-state index contributed by atoms with van der Waals surface area (Å²) in [4.78, 5) is 17.6. The number of halogens is 1. The number of hydrogen-bond donors (Lipinski definition) is 1. The zero-order valence-electron chi connectivity index (χ0n) is 12.9. The van der Waals surface area contributed by atoms with E-state index in [4.69, 9.17) is 27.1 Å². The molecule has 118 valence electrons. The molecule has 1 aliphatic heterocycles. The molecule has 5 heteroatoms. The van der Waals surface area contributed by atoms with Gasteiger partial charge in [0.25, 0.3) is 0 Å². The molecule has 22 heavy (non-hydrogen) atoms. The van der Waals surface area contributed by atoms with Crippen molar-refractivity contribution in [2.24, 2.45) is 16.6 Å². The Kier molecular flexibility index (Phi) is 4.00. The van der Waals surface area contributed by atoms with Crippen LogP contribution in [0.15, 0.2) is 29.3 Å². The van der Waals surface area contributed by atoms with Crippen molar-refractivity contribution in [3.8, 4) is 0 Å². The van der Waals surface area contributed by atoms with E-state index in [2.05, 4.69) is 0 Å². The number of hydrogen-bond acceptors (Lipinski definition) is 4. The highest BCUT2D eigenvalue weighted by Gasteiger charge is 2.52. The van der Waals surface area contributed by atoms with E-state index in [1.165, 1.54) is 0 Å². The molecule has 1 saturated carbocycles. The topological polar surface area (TPSA) is 64.7 Å². The van der Waals surface area contributed by atoms with E-state index in [-0.39, 0.29) is 17.7 Å². The third kappa shape index (κ3) is 2.34. The number of ether oxygens (including phenoxy) is 1. The van der Waals surface area contributed by atoms with E-state index >= 15 is 0 Å². The van der Waals surface area contributed by atoms with Crippen LogP contribution in [0.3, 0.4) is 0 Å². The molecule has 0 radical (unpaired) electrons. The van der Waals surface area contributed by atoms with Gasteiger partial charge in [0.05, 0.1) is 6.04 Å². The number of carbonyl (C=O) groups excluding carboxylic acids is 1. The molecule has 1 fully saturated rings. The smallest absolute Gasteiger partial charge is 0.205 e. The molecule has 3 atom stereocenters. The Morgan fingerprint density at radius 1 is 1.41 bits per heavy atom. The molecule has 2 aliphatic rings. The van der Waals surface area contributed by atoms with Gasteiger partial charge in [0.2, 0.25) is 11.7 Å². The first kappa shape index (κ1) is 15.5. The first-order chi connectivity index (χ1) is 10.5. The molecule has 3 rings (SSSR count). The van der Waals surface area contributed by atoms with Crippen molar-refractivity contribution in [1.29, 1.82) is 0 Å². The Balaban J connectivity index is 2.15. The van der Waals surface area contributed by atoms with Crippen molar-refractivity contribution in [1.82, 2.24) is 0 Å². The lowest BCUT2D eigenvalue weighted by Crippen LogP contribution is -2.54. The zero-order chi connectivity index (χ0) is 15.9. The first-order valence-corrected chi connectivity index (χ1v) is 8.15. The fourth-order valence-electron chi connectivity index (χ4n) is 3.21. The van der Waals surface area contributed by atoms with Crippen LogP contribution in [-0.4, -0.2) is 23.8 Å². The lowest BCUT2D eigenvalue weighted by Gasteiger charge is -2.42. The minimum absolute atomic E-state index is 0.00607. The fourth-order valence-corrected chi connectivity index (χ4v) is 3.50. The summed E-state index contributed by atoms with van der Waals surface area (Å²) in [5.41, 5.74) is 6.05. The number of ketones is 1. The second-order valence-electron chi connectivity index (χ2n) is 6.42. The third-order valence-corrected chi connectivity index (χ3v) is 4.92. The number of rotatable bonds is 3. The van der Waals surface area contributed by atoms with Crippen molar-refractivity contribution in [2.45, 2.75) is 50.8 Å². The van der Waals surface area contributed by atoms with Crippen LogP contribution in [0.1, 0.15) is 38.7 Å². The summed E-state index contributed by atoms with van der Waals surface area (Å²) in [7, 11) is 0. The Bertz CT molecular complexity index is 629. The first-order valence-electron chi connectivity index (χ1n) is 7.77. The molecule has 1 aromatic rings. The van der Waals surface area contributed by atoms with Gasteiger partial charge in [0.1, 0.15) is 0 Å². The summed E-state index contributed by atoms with van der Waals surface area (Å²) in [6.07, 6.45) is 1.80. The average Bonchev–Trinajstić information content (AvgIpc) is 2.47. The van der Waals surface area contributed by atoms with E-state index in [0.717, 1.165) is 18.4 Å². The van der Waals surface area contributed by atoms with Crippen molar-refractivity contribution in [3.63, 3.8) is 0 Å². The highest BCUT2D eigenvalue weighted by atomic mass is 35.5. The molecule has 0 saturated heterocycles. The summed E-state index contributed by atoms with van der Waals surface area (Å²) in [6, 6.07) is 7.12. The van der Waals surface area contributed by atoms with Crippen molar-refractivity contribution in [3.05, 3.63) is 34.9 Å². The molecule has 1 heterocycles. The lowest BCUT2D eigenvalue weighted by atomic mass is 9.73. The SMILES string of the molecule is CC(C)C(N)C1=NC2(c3ccccc3Cl)CCCC(O1)C2=O. The van der Waals surface area contributed by atoms with Crippen molar-refractivity contribution in [2.75, 3.05) is 0 Å². The summed E-state index contributed by atoms with van der Waals surface area (Å²) in [6.45, 7) is 4.04. The second-order valence-corrected chi connectivity index (χ2v) is 6.83. The number of fused-ring (bicyclic) bond motifs is 2. The molecule has 3 unspecified atom stereocenters. The molecule has 0 spiro atoms. The normalized spacial score (nSPS) is 29.0. The Labute approximate surface area is 135 Å². The van der Waals surface area contributed by atoms with Crippen LogP contribution >= 0.6 is 11.6 Å². The van der Waals surface area contributed by atoms with Crippen LogP contribution < -0.4 is 5.73 Å². The van der Waals surface area contributed by atoms with Gasteiger partial charge in [-0.05, 0) is 31.2 Å². The van der Waals surface area contributed by atoms with E-state index in [9.17, 15) is 4.79 Å². The van der Waals surface area contributed by atoms with Gasteiger partial charge in [0, 0.05) is 10.6 Å². The summed E-state index contributed by atoms with van der Waals surface area (Å²) >= 11 is 6.36. The Hall–Kier alpha value is -1.39. The Morgan fingerprint density at radius 2 is 2.14 bits per heavy atom. The van der Waals surface area contributed by atoms with Gasteiger partial charge in [0.15, 0.2) is 11.6 Å². The maximum atomic E-state index is 12.9. The van der Waals surface area contributed by atoms with E-state index in [0.29, 0.717) is 17.3 Å². The van der Waals surface area contributed by atoms with Crippen LogP contribution in [0.5, 0.6) is 0 Å². The standard InChI is InChI=1S/C17H21ClN2O2/c1-10(2)14(19)16-20-17(11-6-3-4-7-12(11)18)9-5-8-13(22-16)15(17)21/h3-4,6-7,10,13-14H,5,8-9,19H2,1-2H3. The molecule has 1 aromatic carbocycles. The largest absolute Gasteiger partial charge is 0.468 e. The Morgan fingerprint density at radius 3 is 2.82 bits per heavy atom. The summed E-state index contributed by atoms with van der Waals surface area (Å²) < 4.78 is 5.81. The molecular weight excluding hydrogens is 300 g/mol. The van der Waals surface area contributed by atoms with Crippen molar-refractivity contribution >= 4 is 23.3 Å². The third-order valence-electron chi connectivity index (χ3n) is 4.59. The minimum Gasteiger partial charge on any atom is -0.468 e. The number of Topliss-reactive ketones (excluding diaryl/α,β-unsaturated/α-hetero) is 1. The highest BCUT2D eigenvalue weighted by molar-refractivity contribution is 6.32. The highest BCUT2D eigenvalue weighted by Crippen LogP contribution is 2.44. The molecule has 2 bridgehead atoms. The quantitative estimate of drug-likeness (QED) is 0.930. The van der Waals surface area contributed by atoms with Crippen LogP contribution in [0.4, 0.5) is 0 Å². The van der Waals surface area contributed by atoms with Crippen LogP contribution in [0.25, 0.3) is 0 Å². The maximum Gasteiger partial charge on any atom is 0.205 e. The summed E-state index contributed by atoms with van der Waals surface area (Å²) in [5.74, 6) is 0.682. The molecule has 1 aliphatic carbocycles. The van der Waals surface area contributed by atoms with Gasteiger partial charge in [-0.15, -0.1) is 0 Å². The predicted molar refractivity (Wildman–Crippen MR) is 87.1 cm³/mol. The lowest BCUT2D eigenvalue weighted by molar-refractivity contribution is -0.137. The number of nitrogens with zero attached hydrogens (tertiary/aromatic N) is 1. The van der Waals surface area contributed by atoms with E-state index in [1.807, 2.05) is 32.0 Å². The maximum absolute atomic E-state index is 12.9. The van der Waals surface area contributed by atoms with Gasteiger partial charge >= 0.3 is 0 Å². The van der Waals surface area contributed by atoms with Gasteiger partial charge in [-0.2, -0.15) is 0 Å². The van der Waals surface area contributed by atoms with E-state index in [1.54, 1.807) is 6.07 Å². The van der Waals surface area contributed by atoms with Gasteiger partial charge in [-0.3, -0.25) is 4.79 Å². The van der Waals surface area contributed by atoms with Crippen molar-refractivity contribution < 1.29 is 9.53 Å². The summed E-state index contributed by atoms with van der Waals surface area (Å²) in [5, 5.41) is 0.569. The molecule has 2 N–H and O–H groups in total. The van der Waals surface area contributed by atoms with Crippen LogP contribution in [0, 0.1) is 5.92 Å². The van der Waals surface area contributed by atoms with Gasteiger partial charge in [-0.1, -0.05) is 43.6 Å². The van der Waals surface area contributed by atoms with Crippen LogP contribution in [-0.2, 0) is 15.1 Å². The zero-order valence-corrected chi connectivity index (χ0v) is 13.6. The van der Waals surface area contributed by atoms with Crippen LogP contribution in [0.2, 0.25) is 5.02 Å². The monoisotopic (exact) mass is 320 g/mol. The number of carbonyl (C=O) groups is 1. The molecular formula is C17H21ClN2O2. The molecule has 0 amide bonds. The molecule has 0 aromatic heterocycles. The molecule has 4 nitrogen and oxygen atoms in total. The predicted octanol–water partition coefficient (Wildman–Crippen LogP) is 3.07. The fraction of sp³-hybridized carbons (Fsp3) is 0.529. The van der Waals surface area contributed by atoms with Gasteiger partial charge < -0.3 is 10.5 Å². The average molecular weight is 321 g/mol. The number of aliphatic imine (C=N–C) groups is 1. The number of nitrogens with two attached hydrogens (primary N) is 1. The van der Waals surface area contributed by atoms with E-state index < -0.39 is 11.6 Å².